The smallest absolute Gasteiger partial charge is 0.349 e. The van der Waals surface area contributed by atoms with Gasteiger partial charge in [-0.3, -0.25) is 0 Å². The van der Waals surface area contributed by atoms with E-state index in [1.165, 1.54) is 0 Å². The molecular weight excluding hydrogens is 420 g/mol. The van der Waals surface area contributed by atoms with Crippen molar-refractivity contribution in [3.63, 3.8) is 0 Å². The second kappa shape index (κ2) is 10.6. The van der Waals surface area contributed by atoms with E-state index in [9.17, 15) is 4.79 Å². The molecule has 6 heteroatoms. The van der Waals surface area contributed by atoms with Crippen molar-refractivity contribution >= 4 is 14.8 Å². The summed E-state index contributed by atoms with van der Waals surface area (Å²) in [7, 11) is -0.899. The summed E-state index contributed by atoms with van der Waals surface area (Å²) in [5, 5.41) is -0.227. The van der Waals surface area contributed by atoms with E-state index < -0.39 is 8.56 Å². The molecule has 2 heterocycles. The average Bonchev–Trinajstić information content (AvgIpc) is 2.69. The Kier molecular flexibility index (Phi) is 9.22. The maximum absolute atomic E-state index is 11.8. The lowest BCUT2D eigenvalue weighted by atomic mass is 9.82. The summed E-state index contributed by atoms with van der Waals surface area (Å²) in [6.45, 7) is 22.1. The van der Waals surface area contributed by atoms with Crippen LogP contribution in [0.2, 0.25) is 10.1 Å². The molecule has 0 spiro atoms. The number of ether oxygens (including phenoxy) is 2. The molecule has 2 fully saturated rings. The van der Waals surface area contributed by atoms with Gasteiger partial charge in [-0.05, 0) is 38.5 Å². The van der Waals surface area contributed by atoms with Crippen molar-refractivity contribution in [3.8, 4) is 0 Å². The Morgan fingerprint density at radius 2 is 1.56 bits per heavy atom. The molecule has 0 aromatic rings. The molecule has 0 aliphatic carbocycles. The summed E-state index contributed by atoms with van der Waals surface area (Å²) in [5.74, 6) is 0.368. The maximum atomic E-state index is 11.8. The third kappa shape index (κ3) is 5.86. The van der Waals surface area contributed by atoms with Crippen molar-refractivity contribution in [2.24, 2.45) is 17.8 Å². The standard InChI is InChI=1S/C26H50O5Si/c1-17(12-13-21-15-22(28-11)14-19(3)29-21)23-20(4)24(18(2)16-27)31-32(30-23,25(5,6)7)26(8,9)10/h16-24H,12-15H2,1-11H3/t17-,18-,19-,20-,21-,22+,23-,24-/m0/s1. The van der Waals surface area contributed by atoms with Crippen LogP contribution in [0.25, 0.3) is 0 Å². The first kappa shape index (κ1) is 28.0. The van der Waals surface area contributed by atoms with Gasteiger partial charge in [-0.15, -0.1) is 0 Å². The third-order valence-electron chi connectivity index (χ3n) is 7.73. The summed E-state index contributed by atoms with van der Waals surface area (Å²) >= 11 is 0. The van der Waals surface area contributed by atoms with Gasteiger partial charge in [-0.25, -0.2) is 0 Å². The Morgan fingerprint density at radius 1 is 1.00 bits per heavy atom. The van der Waals surface area contributed by atoms with Crippen molar-refractivity contribution < 1.29 is 23.1 Å². The lowest BCUT2D eigenvalue weighted by molar-refractivity contribution is -0.128. The molecule has 188 valence electrons. The maximum Gasteiger partial charge on any atom is 0.349 e. The van der Waals surface area contributed by atoms with Crippen LogP contribution in [0.3, 0.4) is 0 Å². The summed E-state index contributed by atoms with van der Waals surface area (Å²) in [5.41, 5.74) is 0. The number of rotatable bonds is 7. The first-order chi connectivity index (χ1) is 14.7. The van der Waals surface area contributed by atoms with Crippen molar-refractivity contribution in [1.29, 1.82) is 0 Å². The van der Waals surface area contributed by atoms with Crippen molar-refractivity contribution in [2.45, 2.75) is 136 Å². The quantitative estimate of drug-likeness (QED) is 0.324. The molecule has 8 atom stereocenters. The molecule has 2 aliphatic rings. The van der Waals surface area contributed by atoms with Crippen LogP contribution >= 0.6 is 0 Å². The number of aldehydes is 1. The Balaban J connectivity index is 2.26. The molecule has 0 N–H and O–H groups in total. The summed E-state index contributed by atoms with van der Waals surface area (Å²) in [4.78, 5) is 11.8. The van der Waals surface area contributed by atoms with Gasteiger partial charge in [-0.2, -0.15) is 0 Å². The van der Waals surface area contributed by atoms with Crippen molar-refractivity contribution in [2.75, 3.05) is 7.11 Å². The lowest BCUT2D eigenvalue weighted by Crippen LogP contribution is -2.67. The second-order valence-electron chi connectivity index (χ2n) is 12.6. The van der Waals surface area contributed by atoms with Gasteiger partial charge in [0.1, 0.15) is 6.29 Å². The van der Waals surface area contributed by atoms with Crippen molar-refractivity contribution in [1.82, 2.24) is 0 Å². The molecule has 2 aliphatic heterocycles. The zero-order valence-corrected chi connectivity index (χ0v) is 23.6. The number of carbonyl (C=O) groups excluding carboxylic acids is 1. The normalized spacial score (nSPS) is 35.8. The summed E-state index contributed by atoms with van der Waals surface area (Å²) < 4.78 is 25.9. The van der Waals surface area contributed by atoms with Gasteiger partial charge < -0.3 is 23.1 Å². The van der Waals surface area contributed by atoms with Crippen LogP contribution in [-0.4, -0.2) is 52.5 Å². The number of methoxy groups -OCH3 is 1. The van der Waals surface area contributed by atoms with Gasteiger partial charge in [0.15, 0.2) is 0 Å². The van der Waals surface area contributed by atoms with Gasteiger partial charge in [0.25, 0.3) is 0 Å². The average molecular weight is 471 g/mol. The van der Waals surface area contributed by atoms with Crippen LogP contribution in [0.1, 0.15) is 94.9 Å². The Bertz CT molecular complexity index is 596. The highest BCUT2D eigenvalue weighted by Crippen LogP contribution is 2.57. The zero-order chi connectivity index (χ0) is 24.5. The Hall–Kier alpha value is -0.273. The number of hydrogen-bond acceptors (Lipinski definition) is 5. The summed E-state index contributed by atoms with van der Waals surface area (Å²) in [6.07, 6.45) is 5.76. The van der Waals surface area contributed by atoms with Crippen LogP contribution in [0.15, 0.2) is 0 Å². The topological polar surface area (TPSA) is 54.0 Å². The third-order valence-corrected chi connectivity index (χ3v) is 12.9. The molecule has 0 aromatic heterocycles. The molecule has 0 saturated carbocycles. The zero-order valence-electron chi connectivity index (χ0n) is 22.6. The highest BCUT2D eigenvalue weighted by atomic mass is 28.4. The molecule has 2 rings (SSSR count). The SMILES string of the molecule is CO[C@H]1C[C@H](CC[C@H](C)[C@@H]2O[Si](C(C)(C)C)(C(C)(C)C)O[C@@H]([C@@H](C)C=O)[C@H]2C)O[C@@H](C)C1. The molecule has 32 heavy (non-hydrogen) atoms. The lowest BCUT2D eigenvalue weighted by Gasteiger charge is -2.58. The first-order valence-electron chi connectivity index (χ1n) is 12.7. The molecule has 5 nitrogen and oxygen atoms in total. The van der Waals surface area contributed by atoms with Gasteiger partial charge in [0, 0.05) is 29.0 Å². The van der Waals surface area contributed by atoms with Gasteiger partial charge in [-0.1, -0.05) is 62.3 Å². The van der Waals surface area contributed by atoms with Crippen LogP contribution in [0.5, 0.6) is 0 Å². The first-order valence-corrected chi connectivity index (χ1v) is 14.5. The molecular formula is C26H50O5Si. The predicted molar refractivity (Wildman–Crippen MR) is 132 cm³/mol. The minimum Gasteiger partial charge on any atom is -0.390 e. The molecule has 0 amide bonds. The minimum absolute atomic E-state index is 0.0699. The number of carbonyl (C=O) groups is 1. The second-order valence-corrected chi connectivity index (χ2v) is 17.3. The van der Waals surface area contributed by atoms with E-state index in [-0.39, 0.29) is 52.4 Å². The highest BCUT2D eigenvalue weighted by molar-refractivity contribution is 6.73. The van der Waals surface area contributed by atoms with E-state index in [0.717, 1.165) is 32.0 Å². The van der Waals surface area contributed by atoms with E-state index in [4.69, 9.17) is 18.3 Å². The van der Waals surface area contributed by atoms with Gasteiger partial charge in [0.2, 0.25) is 0 Å². The van der Waals surface area contributed by atoms with Crippen LogP contribution in [0, 0.1) is 17.8 Å². The van der Waals surface area contributed by atoms with E-state index in [0.29, 0.717) is 5.92 Å². The molecule has 0 radical (unpaired) electrons. The van der Waals surface area contributed by atoms with E-state index in [2.05, 4.69) is 62.3 Å². The monoisotopic (exact) mass is 470 g/mol. The fraction of sp³-hybridized carbons (Fsp3) is 0.962. The van der Waals surface area contributed by atoms with E-state index in [1.807, 2.05) is 6.92 Å². The molecule has 0 aromatic carbocycles. The Labute approximate surface area is 198 Å². The number of hydrogen-bond donors (Lipinski definition) is 0. The highest BCUT2D eigenvalue weighted by Gasteiger charge is 2.64. The predicted octanol–water partition coefficient (Wildman–Crippen LogP) is 6.28. The van der Waals surface area contributed by atoms with Crippen LogP contribution in [0.4, 0.5) is 0 Å². The van der Waals surface area contributed by atoms with Gasteiger partial charge >= 0.3 is 8.56 Å². The Morgan fingerprint density at radius 3 is 2.06 bits per heavy atom. The van der Waals surface area contributed by atoms with Crippen molar-refractivity contribution in [3.05, 3.63) is 0 Å². The molecule has 0 bridgehead atoms. The molecule has 2 saturated heterocycles. The fourth-order valence-electron chi connectivity index (χ4n) is 6.13. The van der Waals surface area contributed by atoms with E-state index >= 15 is 0 Å². The largest absolute Gasteiger partial charge is 0.390 e. The van der Waals surface area contributed by atoms with Crippen LogP contribution in [-0.2, 0) is 23.1 Å². The van der Waals surface area contributed by atoms with E-state index in [1.54, 1.807) is 7.11 Å². The van der Waals surface area contributed by atoms with Gasteiger partial charge in [0.05, 0.1) is 30.5 Å². The molecule has 0 unspecified atom stereocenters. The fourth-order valence-corrected chi connectivity index (χ4v) is 11.5. The summed E-state index contributed by atoms with van der Waals surface area (Å²) in [6, 6.07) is 0. The minimum atomic E-state index is -2.70. The van der Waals surface area contributed by atoms with Crippen LogP contribution < -0.4 is 0 Å².